The van der Waals surface area contributed by atoms with Crippen molar-refractivity contribution < 1.29 is 28.6 Å². The number of carbonyl (C=O) groups excluding carboxylic acids is 2. The summed E-state index contributed by atoms with van der Waals surface area (Å²) < 4.78 is 19.3. The molecule has 1 aliphatic carbocycles. The molecule has 3 N–H and O–H groups in total. The third kappa shape index (κ3) is 3.29. The summed E-state index contributed by atoms with van der Waals surface area (Å²) in [6.45, 7) is 6.92. The zero-order valence-electron chi connectivity index (χ0n) is 15.2. The van der Waals surface area contributed by atoms with Crippen molar-refractivity contribution in [3.63, 3.8) is 0 Å². The van der Waals surface area contributed by atoms with Crippen LogP contribution in [0.15, 0.2) is 18.2 Å². The van der Waals surface area contributed by atoms with E-state index in [9.17, 15) is 23.9 Å². The Morgan fingerprint density at radius 3 is 2.50 bits per heavy atom. The van der Waals surface area contributed by atoms with Crippen molar-refractivity contribution in [1.82, 2.24) is 5.32 Å². The lowest BCUT2D eigenvalue weighted by Crippen LogP contribution is -2.76. The maximum absolute atomic E-state index is 13.7. The van der Waals surface area contributed by atoms with E-state index in [2.05, 4.69) is 10.6 Å². The lowest BCUT2D eigenvalue weighted by molar-refractivity contribution is -0.190. The molecule has 0 aromatic heterocycles. The molecular formula is C18H23FN2O5. The van der Waals surface area contributed by atoms with Gasteiger partial charge in [-0.3, -0.25) is 9.59 Å². The van der Waals surface area contributed by atoms with Crippen LogP contribution in [0.25, 0.3) is 0 Å². The number of ether oxygens (including phenoxy) is 1. The van der Waals surface area contributed by atoms with Crippen molar-refractivity contribution in [2.45, 2.75) is 45.8 Å². The highest BCUT2D eigenvalue weighted by Crippen LogP contribution is 2.51. The molecule has 0 heterocycles. The Balaban J connectivity index is 2.27. The predicted octanol–water partition coefficient (Wildman–Crippen LogP) is 2.17. The average molecular weight is 366 g/mol. The van der Waals surface area contributed by atoms with Gasteiger partial charge in [0.05, 0.1) is 11.8 Å². The first kappa shape index (κ1) is 19.8. The van der Waals surface area contributed by atoms with E-state index in [1.807, 2.05) is 6.92 Å². The highest BCUT2D eigenvalue weighted by Gasteiger charge is 2.66. The molecule has 0 spiro atoms. The van der Waals surface area contributed by atoms with Gasteiger partial charge in [0.15, 0.2) is 0 Å². The summed E-state index contributed by atoms with van der Waals surface area (Å²) in [5.74, 6) is -2.99. The van der Waals surface area contributed by atoms with E-state index in [0.717, 1.165) is 6.07 Å². The molecule has 142 valence electrons. The lowest BCUT2D eigenvalue weighted by Gasteiger charge is -2.58. The molecule has 0 bridgehead atoms. The SMILES string of the molecule is CCOC1CC(NC(=O)c2ccc(F)c(NC(C)=O)c2)(C(=O)O)C1(C)C. The fraction of sp³-hybridized carbons (Fsp3) is 0.500. The fourth-order valence-corrected chi connectivity index (χ4v) is 3.25. The van der Waals surface area contributed by atoms with E-state index in [-0.39, 0.29) is 23.8 Å². The molecule has 1 aromatic carbocycles. The maximum Gasteiger partial charge on any atom is 0.330 e. The first-order valence-electron chi connectivity index (χ1n) is 8.29. The van der Waals surface area contributed by atoms with Crippen molar-refractivity contribution in [3.8, 4) is 0 Å². The zero-order valence-corrected chi connectivity index (χ0v) is 15.2. The second kappa shape index (κ2) is 7.03. The molecule has 2 unspecified atom stereocenters. The molecule has 2 atom stereocenters. The number of halogens is 1. The molecule has 2 rings (SSSR count). The summed E-state index contributed by atoms with van der Waals surface area (Å²) in [6, 6.07) is 3.45. The van der Waals surface area contributed by atoms with Crippen LogP contribution < -0.4 is 10.6 Å². The molecular weight excluding hydrogens is 343 g/mol. The smallest absolute Gasteiger partial charge is 0.330 e. The molecule has 8 heteroatoms. The highest BCUT2D eigenvalue weighted by molar-refractivity contribution is 6.00. The second-order valence-corrected chi connectivity index (χ2v) is 6.91. The fourth-order valence-electron chi connectivity index (χ4n) is 3.25. The number of hydrogen-bond donors (Lipinski definition) is 3. The van der Waals surface area contributed by atoms with Crippen LogP contribution in [0, 0.1) is 11.2 Å². The number of hydrogen-bond acceptors (Lipinski definition) is 4. The largest absolute Gasteiger partial charge is 0.479 e. The second-order valence-electron chi connectivity index (χ2n) is 6.91. The Bertz CT molecular complexity index is 749. The summed E-state index contributed by atoms with van der Waals surface area (Å²) >= 11 is 0. The molecule has 0 saturated heterocycles. The van der Waals surface area contributed by atoms with Crippen molar-refractivity contribution in [2.24, 2.45) is 5.41 Å². The number of carboxylic acid groups (broad SMARTS) is 1. The van der Waals surface area contributed by atoms with Gasteiger partial charge in [0.2, 0.25) is 5.91 Å². The molecule has 26 heavy (non-hydrogen) atoms. The standard InChI is InChI=1S/C18H23FN2O5/c1-5-26-14-9-18(16(24)25,17(14,3)4)21-15(23)11-6-7-12(19)13(8-11)20-10(2)22/h6-8,14H,5,9H2,1-4H3,(H,20,22)(H,21,23)(H,24,25). The van der Waals surface area contributed by atoms with E-state index in [4.69, 9.17) is 4.74 Å². The van der Waals surface area contributed by atoms with E-state index < -0.39 is 34.6 Å². The molecule has 1 saturated carbocycles. The number of amides is 2. The lowest BCUT2D eigenvalue weighted by atomic mass is 9.54. The molecule has 1 aromatic rings. The van der Waals surface area contributed by atoms with Gasteiger partial charge in [-0.1, -0.05) is 13.8 Å². The van der Waals surface area contributed by atoms with E-state index >= 15 is 0 Å². The molecule has 2 amide bonds. The third-order valence-electron chi connectivity index (χ3n) is 5.00. The van der Waals surface area contributed by atoms with Gasteiger partial charge < -0.3 is 20.5 Å². The highest BCUT2D eigenvalue weighted by atomic mass is 19.1. The summed E-state index contributed by atoms with van der Waals surface area (Å²) in [4.78, 5) is 35.7. The Morgan fingerprint density at radius 1 is 1.35 bits per heavy atom. The number of carbonyl (C=O) groups is 3. The van der Waals surface area contributed by atoms with Gasteiger partial charge in [0, 0.05) is 30.9 Å². The number of benzene rings is 1. The minimum absolute atomic E-state index is 0.0476. The Hall–Kier alpha value is -2.48. The molecule has 7 nitrogen and oxygen atoms in total. The average Bonchev–Trinajstić information content (AvgIpc) is 2.54. The van der Waals surface area contributed by atoms with Gasteiger partial charge >= 0.3 is 5.97 Å². The van der Waals surface area contributed by atoms with Crippen molar-refractivity contribution >= 4 is 23.5 Å². The number of carboxylic acids is 1. The van der Waals surface area contributed by atoms with Gasteiger partial charge in [-0.2, -0.15) is 0 Å². The Labute approximate surface area is 150 Å². The van der Waals surface area contributed by atoms with Gasteiger partial charge in [0.1, 0.15) is 11.4 Å². The quantitative estimate of drug-likeness (QED) is 0.716. The van der Waals surface area contributed by atoms with Crippen LogP contribution in [0.4, 0.5) is 10.1 Å². The van der Waals surface area contributed by atoms with Crippen LogP contribution in [-0.4, -0.2) is 41.1 Å². The topological polar surface area (TPSA) is 105 Å². The van der Waals surface area contributed by atoms with Crippen LogP contribution in [0.1, 0.15) is 44.5 Å². The number of nitrogens with one attached hydrogen (secondary N) is 2. The Morgan fingerprint density at radius 2 is 2.00 bits per heavy atom. The third-order valence-corrected chi connectivity index (χ3v) is 5.00. The summed E-state index contributed by atoms with van der Waals surface area (Å²) in [5.41, 5.74) is -2.42. The molecule has 0 aliphatic heterocycles. The minimum atomic E-state index is -1.49. The zero-order chi connectivity index (χ0) is 19.7. The number of rotatable bonds is 6. The minimum Gasteiger partial charge on any atom is -0.479 e. The molecule has 1 aliphatic rings. The summed E-state index contributed by atoms with van der Waals surface area (Å²) in [6.07, 6.45) is -0.165. The van der Waals surface area contributed by atoms with Gasteiger partial charge in [-0.25, -0.2) is 9.18 Å². The number of anilines is 1. The maximum atomic E-state index is 13.7. The van der Waals surface area contributed by atoms with Crippen molar-refractivity contribution in [2.75, 3.05) is 11.9 Å². The predicted molar refractivity (Wildman–Crippen MR) is 92.3 cm³/mol. The Kier molecular flexibility index (Phi) is 5.36. The molecule has 0 radical (unpaired) electrons. The monoisotopic (exact) mass is 366 g/mol. The molecule has 1 fully saturated rings. The normalized spacial score (nSPS) is 23.7. The van der Waals surface area contributed by atoms with Crippen LogP contribution in [0.2, 0.25) is 0 Å². The van der Waals surface area contributed by atoms with Crippen LogP contribution >= 0.6 is 0 Å². The first-order valence-corrected chi connectivity index (χ1v) is 8.29. The van der Waals surface area contributed by atoms with Gasteiger partial charge in [-0.15, -0.1) is 0 Å². The van der Waals surface area contributed by atoms with Crippen molar-refractivity contribution in [1.29, 1.82) is 0 Å². The van der Waals surface area contributed by atoms with Gasteiger partial charge in [-0.05, 0) is 25.1 Å². The number of aliphatic carboxylic acids is 1. The van der Waals surface area contributed by atoms with Crippen LogP contribution in [0.5, 0.6) is 0 Å². The van der Waals surface area contributed by atoms with E-state index in [0.29, 0.717) is 6.61 Å². The van der Waals surface area contributed by atoms with E-state index in [1.54, 1.807) is 13.8 Å². The first-order chi connectivity index (χ1) is 12.0. The summed E-state index contributed by atoms with van der Waals surface area (Å²) in [5, 5.41) is 14.6. The van der Waals surface area contributed by atoms with Crippen LogP contribution in [0.3, 0.4) is 0 Å². The van der Waals surface area contributed by atoms with Gasteiger partial charge in [0.25, 0.3) is 5.91 Å². The van der Waals surface area contributed by atoms with Crippen molar-refractivity contribution in [3.05, 3.63) is 29.6 Å². The van der Waals surface area contributed by atoms with Crippen LogP contribution in [-0.2, 0) is 14.3 Å². The summed E-state index contributed by atoms with van der Waals surface area (Å²) in [7, 11) is 0. The van der Waals surface area contributed by atoms with E-state index in [1.165, 1.54) is 19.1 Å².